The van der Waals surface area contributed by atoms with E-state index in [-0.39, 0.29) is 5.91 Å². The molecule has 2 aromatic heterocycles. The molecular weight excluding hydrogens is 252 g/mol. The fourth-order valence-corrected chi connectivity index (χ4v) is 2.66. The molecule has 0 aliphatic rings. The Bertz CT molecular complexity index is 805. The highest BCUT2D eigenvalue weighted by molar-refractivity contribution is 6.06. The second-order valence-electron chi connectivity index (χ2n) is 5.06. The van der Waals surface area contributed by atoms with Crippen LogP contribution in [0.4, 0.5) is 5.69 Å². The van der Waals surface area contributed by atoms with Crippen LogP contribution in [0.5, 0.6) is 0 Å². The number of aromatic nitrogens is 1. The summed E-state index contributed by atoms with van der Waals surface area (Å²) in [5.74, 6) is 0.560. The molecule has 0 aliphatic carbocycles. The molecule has 3 aromatic rings. The van der Waals surface area contributed by atoms with E-state index in [1.54, 1.807) is 17.8 Å². The van der Waals surface area contributed by atoms with Crippen molar-refractivity contribution in [1.82, 2.24) is 4.57 Å². The number of nitrogens with two attached hydrogens (primary N) is 1. The number of benzene rings is 1. The van der Waals surface area contributed by atoms with Crippen molar-refractivity contribution < 1.29 is 9.21 Å². The van der Waals surface area contributed by atoms with Gasteiger partial charge in [-0.1, -0.05) is 6.07 Å². The van der Waals surface area contributed by atoms with Crippen LogP contribution in [0.2, 0.25) is 0 Å². The van der Waals surface area contributed by atoms with Crippen LogP contribution in [0.25, 0.3) is 10.9 Å². The monoisotopic (exact) mass is 268 g/mol. The van der Waals surface area contributed by atoms with Crippen molar-refractivity contribution in [3.8, 4) is 0 Å². The molecule has 2 heterocycles. The molecule has 0 saturated carbocycles. The first-order chi connectivity index (χ1) is 9.50. The van der Waals surface area contributed by atoms with Gasteiger partial charge in [0.25, 0.3) is 5.91 Å². The maximum Gasteiger partial charge on any atom is 0.266 e. The summed E-state index contributed by atoms with van der Waals surface area (Å²) in [6.07, 6.45) is 1.61. The first-order valence-corrected chi connectivity index (χ1v) is 6.46. The van der Waals surface area contributed by atoms with Gasteiger partial charge in [0.05, 0.1) is 17.3 Å². The van der Waals surface area contributed by atoms with Crippen LogP contribution in [-0.2, 0) is 0 Å². The Morgan fingerprint density at radius 2 is 2.00 bits per heavy atom. The van der Waals surface area contributed by atoms with Gasteiger partial charge in [0.2, 0.25) is 0 Å². The van der Waals surface area contributed by atoms with Gasteiger partial charge in [0.1, 0.15) is 5.76 Å². The highest BCUT2D eigenvalue weighted by atomic mass is 16.3. The van der Waals surface area contributed by atoms with Crippen molar-refractivity contribution in [3.05, 3.63) is 53.1 Å². The minimum atomic E-state index is -0.0770. The molecule has 0 fully saturated rings. The number of carbonyl (C=O) groups is 1. The molecule has 1 aromatic carbocycles. The van der Waals surface area contributed by atoms with E-state index in [1.807, 2.05) is 38.1 Å². The smallest absolute Gasteiger partial charge is 0.266 e. The second kappa shape index (κ2) is 4.27. The zero-order valence-electron chi connectivity index (χ0n) is 11.7. The standard InChI is InChI=1S/C16H16N2O2/c1-9-8-20-11(3)15(9)16(19)18-10(2)7-12-13(17)5-4-6-14(12)18/h4-8H,17H2,1-3H3. The molecule has 0 radical (unpaired) electrons. The molecule has 102 valence electrons. The van der Waals surface area contributed by atoms with Gasteiger partial charge in [-0.05, 0) is 39.0 Å². The van der Waals surface area contributed by atoms with E-state index in [9.17, 15) is 4.79 Å². The summed E-state index contributed by atoms with van der Waals surface area (Å²) in [5.41, 5.74) is 9.81. The van der Waals surface area contributed by atoms with Crippen LogP contribution >= 0.6 is 0 Å². The van der Waals surface area contributed by atoms with E-state index in [0.717, 1.165) is 22.2 Å². The fourth-order valence-electron chi connectivity index (χ4n) is 2.66. The summed E-state index contributed by atoms with van der Waals surface area (Å²) in [6.45, 7) is 5.58. The van der Waals surface area contributed by atoms with Crippen LogP contribution in [0.15, 0.2) is 34.9 Å². The van der Waals surface area contributed by atoms with Gasteiger partial charge in [-0.2, -0.15) is 0 Å². The third-order valence-electron chi connectivity index (χ3n) is 3.64. The van der Waals surface area contributed by atoms with E-state index in [1.165, 1.54) is 0 Å². The molecule has 0 aliphatic heterocycles. The van der Waals surface area contributed by atoms with Gasteiger partial charge < -0.3 is 10.2 Å². The molecule has 3 rings (SSSR count). The van der Waals surface area contributed by atoms with Gasteiger partial charge in [-0.3, -0.25) is 9.36 Å². The first-order valence-electron chi connectivity index (χ1n) is 6.46. The lowest BCUT2D eigenvalue weighted by Gasteiger charge is -2.07. The lowest BCUT2D eigenvalue weighted by atomic mass is 10.1. The Kier molecular flexibility index (Phi) is 2.67. The third kappa shape index (κ3) is 1.65. The Labute approximate surface area is 116 Å². The van der Waals surface area contributed by atoms with Crippen molar-refractivity contribution in [3.63, 3.8) is 0 Å². The van der Waals surface area contributed by atoms with Crippen molar-refractivity contribution in [1.29, 1.82) is 0 Å². The third-order valence-corrected chi connectivity index (χ3v) is 3.64. The summed E-state index contributed by atoms with van der Waals surface area (Å²) >= 11 is 0. The maximum absolute atomic E-state index is 12.8. The molecule has 0 amide bonds. The molecule has 2 N–H and O–H groups in total. The Morgan fingerprint density at radius 3 is 2.65 bits per heavy atom. The van der Waals surface area contributed by atoms with Crippen molar-refractivity contribution in [2.45, 2.75) is 20.8 Å². The highest BCUT2D eigenvalue weighted by Gasteiger charge is 2.21. The minimum absolute atomic E-state index is 0.0770. The molecule has 4 heteroatoms. The number of hydrogen-bond donors (Lipinski definition) is 1. The molecule has 0 unspecified atom stereocenters. The van der Waals surface area contributed by atoms with E-state index in [0.29, 0.717) is 17.0 Å². The number of nitrogens with zero attached hydrogens (tertiary/aromatic N) is 1. The summed E-state index contributed by atoms with van der Waals surface area (Å²) in [6, 6.07) is 7.54. The predicted molar refractivity (Wildman–Crippen MR) is 79.0 cm³/mol. The van der Waals surface area contributed by atoms with E-state index < -0.39 is 0 Å². The molecule has 0 saturated heterocycles. The summed E-state index contributed by atoms with van der Waals surface area (Å²) < 4.78 is 7.02. The average molecular weight is 268 g/mol. The highest BCUT2D eigenvalue weighted by Crippen LogP contribution is 2.27. The predicted octanol–water partition coefficient (Wildman–Crippen LogP) is 3.43. The molecule has 20 heavy (non-hydrogen) atoms. The number of nitrogen functional groups attached to an aromatic ring is 1. The number of rotatable bonds is 1. The number of fused-ring (bicyclic) bond motifs is 1. The lowest BCUT2D eigenvalue weighted by molar-refractivity contribution is 0.0961. The van der Waals surface area contributed by atoms with Crippen molar-refractivity contribution in [2.75, 3.05) is 5.73 Å². The van der Waals surface area contributed by atoms with Crippen LogP contribution in [-0.4, -0.2) is 10.5 Å². The van der Waals surface area contributed by atoms with Crippen LogP contribution < -0.4 is 5.73 Å². The molecule has 0 spiro atoms. The first kappa shape index (κ1) is 12.5. The SMILES string of the molecule is Cc1coc(C)c1C(=O)n1c(C)cc2c(N)cccc21. The van der Waals surface area contributed by atoms with E-state index in [2.05, 4.69) is 0 Å². The fraction of sp³-hybridized carbons (Fsp3) is 0.188. The Balaban J connectivity index is 2.28. The number of furan rings is 1. The van der Waals surface area contributed by atoms with E-state index in [4.69, 9.17) is 10.2 Å². The quantitative estimate of drug-likeness (QED) is 0.688. The maximum atomic E-state index is 12.8. The summed E-state index contributed by atoms with van der Waals surface area (Å²) in [7, 11) is 0. The van der Waals surface area contributed by atoms with Crippen LogP contribution in [0.3, 0.4) is 0 Å². The summed E-state index contributed by atoms with van der Waals surface area (Å²) in [4.78, 5) is 12.8. The number of carbonyl (C=O) groups excluding carboxylic acids is 1. The zero-order chi connectivity index (χ0) is 14.4. The van der Waals surface area contributed by atoms with Gasteiger partial charge in [-0.15, -0.1) is 0 Å². The Hall–Kier alpha value is -2.49. The second-order valence-corrected chi connectivity index (χ2v) is 5.06. The zero-order valence-corrected chi connectivity index (χ0v) is 11.7. The molecule has 0 bridgehead atoms. The van der Waals surface area contributed by atoms with Crippen molar-refractivity contribution in [2.24, 2.45) is 0 Å². The Morgan fingerprint density at radius 1 is 1.25 bits per heavy atom. The van der Waals surface area contributed by atoms with Crippen LogP contribution in [0, 0.1) is 20.8 Å². The van der Waals surface area contributed by atoms with E-state index >= 15 is 0 Å². The molecule has 0 atom stereocenters. The topological polar surface area (TPSA) is 61.2 Å². The lowest BCUT2D eigenvalue weighted by Crippen LogP contribution is -2.14. The van der Waals surface area contributed by atoms with Crippen molar-refractivity contribution >= 4 is 22.5 Å². The van der Waals surface area contributed by atoms with Gasteiger partial charge in [0, 0.05) is 22.3 Å². The number of aryl methyl sites for hydroxylation is 3. The molecule has 4 nitrogen and oxygen atoms in total. The minimum Gasteiger partial charge on any atom is -0.469 e. The number of anilines is 1. The average Bonchev–Trinajstić information content (AvgIpc) is 2.90. The number of hydrogen-bond acceptors (Lipinski definition) is 3. The summed E-state index contributed by atoms with van der Waals surface area (Å²) in [5, 5.41) is 0.900. The van der Waals surface area contributed by atoms with Crippen LogP contribution in [0.1, 0.15) is 27.4 Å². The molecular formula is C16H16N2O2. The van der Waals surface area contributed by atoms with Gasteiger partial charge in [0.15, 0.2) is 0 Å². The van der Waals surface area contributed by atoms with Gasteiger partial charge >= 0.3 is 0 Å². The van der Waals surface area contributed by atoms with Gasteiger partial charge in [-0.25, -0.2) is 0 Å². The normalized spacial score (nSPS) is 11.2. The largest absolute Gasteiger partial charge is 0.469 e.